The van der Waals surface area contributed by atoms with E-state index in [0.29, 0.717) is 22.9 Å². The van der Waals surface area contributed by atoms with E-state index in [-0.39, 0.29) is 11.4 Å². The largest absolute Gasteiger partial charge is 0.478 e. The molecular weight excluding hydrogens is 425 g/mol. The number of carbonyl (C=O) groups is 1. The first kappa shape index (κ1) is 21.0. The predicted molar refractivity (Wildman–Crippen MR) is 109 cm³/mol. The van der Waals surface area contributed by atoms with Crippen molar-refractivity contribution >= 4 is 17.6 Å². The van der Waals surface area contributed by atoms with E-state index in [1.165, 1.54) is 16.8 Å². The van der Waals surface area contributed by atoms with Gasteiger partial charge in [-0.2, -0.15) is 13.2 Å². The zero-order valence-electron chi connectivity index (χ0n) is 16.5. The monoisotopic (exact) mass is 440 g/mol. The number of hydrogen-bond donors (Lipinski definition) is 2. The van der Waals surface area contributed by atoms with E-state index in [9.17, 15) is 18.0 Å². The summed E-state index contributed by atoms with van der Waals surface area (Å²) in [6, 6.07) is 11.3. The molecule has 162 valence electrons. The van der Waals surface area contributed by atoms with Crippen molar-refractivity contribution in [2.75, 3.05) is 5.32 Å². The molecule has 3 aromatic heterocycles. The summed E-state index contributed by atoms with van der Waals surface area (Å²) in [6.07, 6.45) is -1.79. The number of aromatic nitrogens is 5. The van der Waals surface area contributed by atoms with Crippen LogP contribution in [0.4, 0.5) is 24.8 Å². The molecular formula is C21H15F3N6O2. The summed E-state index contributed by atoms with van der Waals surface area (Å²) in [4.78, 5) is 19.3. The lowest BCUT2D eigenvalue weighted by Gasteiger charge is -2.10. The molecule has 0 spiro atoms. The number of benzene rings is 1. The van der Waals surface area contributed by atoms with E-state index in [1.54, 1.807) is 30.5 Å². The lowest BCUT2D eigenvalue weighted by molar-refractivity contribution is -0.137. The molecule has 0 amide bonds. The van der Waals surface area contributed by atoms with Crippen LogP contribution in [-0.4, -0.2) is 36.0 Å². The minimum Gasteiger partial charge on any atom is -0.478 e. The second kappa shape index (κ2) is 8.10. The summed E-state index contributed by atoms with van der Waals surface area (Å²) in [5.74, 6) is -0.728. The quantitative estimate of drug-likeness (QED) is 0.471. The van der Waals surface area contributed by atoms with Gasteiger partial charge < -0.3 is 10.4 Å². The van der Waals surface area contributed by atoms with Crippen molar-refractivity contribution in [3.05, 3.63) is 77.6 Å². The Morgan fingerprint density at radius 3 is 2.47 bits per heavy atom. The first-order valence-corrected chi connectivity index (χ1v) is 9.24. The number of carboxylic acids is 1. The number of aryl methyl sites for hydroxylation is 1. The van der Waals surface area contributed by atoms with Crippen molar-refractivity contribution in [3.63, 3.8) is 0 Å². The van der Waals surface area contributed by atoms with Gasteiger partial charge in [-0.15, -0.1) is 5.10 Å². The van der Waals surface area contributed by atoms with Crippen molar-refractivity contribution in [3.8, 4) is 17.1 Å². The number of nitrogens with zero attached hydrogens (tertiary/aromatic N) is 5. The summed E-state index contributed by atoms with van der Waals surface area (Å²) < 4.78 is 40.3. The molecule has 0 bridgehead atoms. The highest BCUT2D eigenvalue weighted by atomic mass is 19.4. The maximum Gasteiger partial charge on any atom is 0.416 e. The zero-order valence-corrected chi connectivity index (χ0v) is 16.5. The summed E-state index contributed by atoms with van der Waals surface area (Å²) in [5, 5.41) is 19.9. The molecule has 4 aromatic rings. The summed E-state index contributed by atoms with van der Waals surface area (Å²) in [6.45, 7) is 1.81. The number of nitrogens with one attached hydrogen (secondary N) is 1. The van der Waals surface area contributed by atoms with Crippen LogP contribution in [0.15, 0.2) is 60.9 Å². The normalized spacial score (nSPS) is 11.4. The van der Waals surface area contributed by atoms with E-state index >= 15 is 0 Å². The van der Waals surface area contributed by atoms with Gasteiger partial charge in [0.15, 0.2) is 0 Å². The van der Waals surface area contributed by atoms with Crippen LogP contribution in [0.3, 0.4) is 0 Å². The highest BCUT2D eigenvalue weighted by Gasteiger charge is 2.30. The minimum atomic E-state index is -4.48. The molecule has 0 unspecified atom stereocenters. The van der Waals surface area contributed by atoms with Gasteiger partial charge in [-0.05, 0) is 61.0 Å². The number of pyridine rings is 2. The van der Waals surface area contributed by atoms with Crippen molar-refractivity contribution in [1.82, 2.24) is 25.0 Å². The van der Waals surface area contributed by atoms with E-state index < -0.39 is 17.7 Å². The number of halogens is 3. The Bertz CT molecular complexity index is 1290. The molecule has 11 heteroatoms. The molecule has 4 rings (SSSR count). The molecule has 0 saturated heterocycles. The first-order valence-electron chi connectivity index (χ1n) is 9.24. The first-order chi connectivity index (χ1) is 15.2. The highest BCUT2D eigenvalue weighted by molar-refractivity contribution is 5.87. The third-order valence-corrected chi connectivity index (χ3v) is 4.45. The smallest absolute Gasteiger partial charge is 0.416 e. The molecule has 0 atom stereocenters. The lowest BCUT2D eigenvalue weighted by atomic mass is 10.2. The van der Waals surface area contributed by atoms with Gasteiger partial charge in [0.05, 0.1) is 28.7 Å². The standard InChI is InChI=1S/C21H15F3N6O2/c1-12-8-16(17-11-30(29-28-17)15-4-2-13(3-5-15)20(31)32)26-19(9-12)27-18-10-14(6-7-25-18)21(22,23)24/h2-11H,1H3,(H,31,32)(H,25,26,27). The molecule has 0 saturated carbocycles. The number of rotatable bonds is 5. The zero-order chi connectivity index (χ0) is 22.9. The van der Waals surface area contributed by atoms with Gasteiger partial charge in [-0.25, -0.2) is 19.4 Å². The average Bonchev–Trinajstić information content (AvgIpc) is 3.23. The highest BCUT2D eigenvalue weighted by Crippen LogP contribution is 2.30. The minimum absolute atomic E-state index is 0.00560. The van der Waals surface area contributed by atoms with Gasteiger partial charge in [0.1, 0.15) is 17.3 Å². The van der Waals surface area contributed by atoms with Gasteiger partial charge in [0.25, 0.3) is 0 Å². The van der Waals surface area contributed by atoms with Crippen molar-refractivity contribution in [1.29, 1.82) is 0 Å². The summed E-state index contributed by atoms with van der Waals surface area (Å²) >= 11 is 0. The van der Waals surface area contributed by atoms with Gasteiger partial charge in [0, 0.05) is 6.20 Å². The van der Waals surface area contributed by atoms with Gasteiger partial charge in [-0.1, -0.05) is 5.21 Å². The molecule has 8 nitrogen and oxygen atoms in total. The number of aromatic carboxylic acids is 1. The Labute approximate surface area is 179 Å². The van der Waals surface area contributed by atoms with Crippen LogP contribution < -0.4 is 5.32 Å². The molecule has 0 fully saturated rings. The predicted octanol–water partition coefficient (Wildman–Crippen LogP) is 4.49. The van der Waals surface area contributed by atoms with Crippen LogP contribution in [0, 0.1) is 6.92 Å². The molecule has 0 aliphatic heterocycles. The Morgan fingerprint density at radius 2 is 1.78 bits per heavy atom. The van der Waals surface area contributed by atoms with Crippen LogP contribution in [-0.2, 0) is 6.18 Å². The van der Waals surface area contributed by atoms with Crippen LogP contribution in [0.1, 0.15) is 21.5 Å². The van der Waals surface area contributed by atoms with E-state index in [4.69, 9.17) is 5.11 Å². The van der Waals surface area contributed by atoms with E-state index in [0.717, 1.165) is 23.9 Å². The van der Waals surface area contributed by atoms with Gasteiger partial charge >= 0.3 is 12.1 Å². The fourth-order valence-corrected chi connectivity index (χ4v) is 2.93. The SMILES string of the molecule is Cc1cc(Nc2cc(C(F)(F)F)ccn2)nc(-c2cn(-c3ccc(C(=O)O)cc3)nn2)c1. The van der Waals surface area contributed by atoms with E-state index in [1.807, 2.05) is 6.92 Å². The maximum atomic E-state index is 12.9. The molecule has 0 radical (unpaired) electrons. The van der Waals surface area contributed by atoms with Gasteiger partial charge in [0.2, 0.25) is 0 Å². The fraction of sp³-hybridized carbons (Fsp3) is 0.0952. The summed E-state index contributed by atoms with van der Waals surface area (Å²) in [5.41, 5.74) is 1.61. The summed E-state index contributed by atoms with van der Waals surface area (Å²) in [7, 11) is 0. The topological polar surface area (TPSA) is 106 Å². The Kier molecular flexibility index (Phi) is 5.31. The van der Waals surface area contributed by atoms with Crippen LogP contribution in [0.25, 0.3) is 17.1 Å². The molecule has 1 aromatic carbocycles. The average molecular weight is 440 g/mol. The molecule has 2 N–H and O–H groups in total. The van der Waals surface area contributed by atoms with Gasteiger partial charge in [-0.3, -0.25) is 0 Å². The molecule has 3 heterocycles. The van der Waals surface area contributed by atoms with Crippen molar-refractivity contribution in [2.24, 2.45) is 0 Å². The second-order valence-corrected chi connectivity index (χ2v) is 6.87. The third-order valence-electron chi connectivity index (χ3n) is 4.45. The van der Waals surface area contributed by atoms with Crippen LogP contribution >= 0.6 is 0 Å². The Hall–Kier alpha value is -4.28. The number of carboxylic acid groups (broad SMARTS) is 1. The number of hydrogen-bond acceptors (Lipinski definition) is 6. The van der Waals surface area contributed by atoms with Crippen LogP contribution in [0.5, 0.6) is 0 Å². The molecule has 0 aliphatic carbocycles. The maximum absolute atomic E-state index is 12.9. The Balaban J connectivity index is 1.60. The molecule has 0 aliphatic rings. The number of alkyl halides is 3. The Morgan fingerprint density at radius 1 is 1.03 bits per heavy atom. The van der Waals surface area contributed by atoms with Crippen molar-refractivity contribution < 1.29 is 23.1 Å². The third kappa shape index (κ3) is 4.56. The molecule has 32 heavy (non-hydrogen) atoms. The van der Waals surface area contributed by atoms with Crippen LogP contribution in [0.2, 0.25) is 0 Å². The number of anilines is 2. The van der Waals surface area contributed by atoms with E-state index in [2.05, 4.69) is 25.6 Å². The fourth-order valence-electron chi connectivity index (χ4n) is 2.93. The second-order valence-electron chi connectivity index (χ2n) is 6.87. The lowest BCUT2D eigenvalue weighted by Crippen LogP contribution is -2.06. The van der Waals surface area contributed by atoms with Crippen molar-refractivity contribution in [2.45, 2.75) is 13.1 Å².